The van der Waals surface area contributed by atoms with Crippen molar-refractivity contribution in [2.75, 3.05) is 18.2 Å². The third kappa shape index (κ3) is 4.61. The van der Waals surface area contributed by atoms with E-state index in [4.69, 9.17) is 20.8 Å². The molecule has 0 spiro atoms. The molecule has 0 bridgehead atoms. The standard InChI is InChI=1S/C22H17ClN2O4S2/c1-12-8-19(24-16-6-5-13(23)9-14(12)16)30-11-18(26)25-21-20(22(27)28-2)15(10-31-21)17-4-3-7-29-17/h3-10H,11H2,1-2H3,(H,25,26). The smallest absolute Gasteiger partial charge is 0.341 e. The number of hydrogen-bond acceptors (Lipinski definition) is 7. The number of anilines is 1. The zero-order chi connectivity index (χ0) is 22.0. The van der Waals surface area contributed by atoms with Gasteiger partial charge in [-0.2, -0.15) is 0 Å². The van der Waals surface area contributed by atoms with Gasteiger partial charge in [-0.1, -0.05) is 23.4 Å². The first kappa shape index (κ1) is 21.4. The maximum absolute atomic E-state index is 12.6. The van der Waals surface area contributed by atoms with E-state index in [0.29, 0.717) is 21.3 Å². The fourth-order valence-corrected chi connectivity index (χ4v) is 4.98. The minimum Gasteiger partial charge on any atom is -0.465 e. The second kappa shape index (κ2) is 9.13. The molecule has 0 atom stereocenters. The molecule has 9 heteroatoms. The van der Waals surface area contributed by atoms with Crippen LogP contribution in [0.3, 0.4) is 0 Å². The molecule has 4 aromatic rings. The van der Waals surface area contributed by atoms with E-state index in [1.54, 1.807) is 23.6 Å². The van der Waals surface area contributed by atoms with Crippen molar-refractivity contribution in [1.82, 2.24) is 4.98 Å². The Labute approximate surface area is 191 Å². The molecule has 1 aromatic carbocycles. The number of aromatic nitrogens is 1. The number of nitrogens with zero attached hydrogens (tertiary/aromatic N) is 1. The maximum Gasteiger partial charge on any atom is 0.341 e. The lowest BCUT2D eigenvalue weighted by Crippen LogP contribution is -2.16. The van der Waals surface area contributed by atoms with Crippen LogP contribution in [0.2, 0.25) is 5.02 Å². The maximum atomic E-state index is 12.6. The molecule has 0 saturated carbocycles. The highest BCUT2D eigenvalue weighted by molar-refractivity contribution is 7.99. The summed E-state index contributed by atoms with van der Waals surface area (Å²) in [5, 5.41) is 7.35. The highest BCUT2D eigenvalue weighted by Crippen LogP contribution is 2.36. The number of hydrogen-bond donors (Lipinski definition) is 1. The molecule has 0 radical (unpaired) electrons. The van der Waals surface area contributed by atoms with Crippen molar-refractivity contribution >= 4 is 62.5 Å². The lowest BCUT2D eigenvalue weighted by atomic mass is 10.1. The molecule has 0 aliphatic rings. The first-order valence-electron chi connectivity index (χ1n) is 9.19. The third-order valence-electron chi connectivity index (χ3n) is 4.53. The summed E-state index contributed by atoms with van der Waals surface area (Å²) in [5.74, 6) is -0.123. The average Bonchev–Trinajstić information content (AvgIpc) is 3.42. The quantitative estimate of drug-likeness (QED) is 0.272. The van der Waals surface area contributed by atoms with E-state index in [9.17, 15) is 9.59 Å². The largest absolute Gasteiger partial charge is 0.465 e. The number of rotatable bonds is 6. The van der Waals surface area contributed by atoms with Crippen LogP contribution in [0.15, 0.2) is 57.5 Å². The molecule has 0 unspecified atom stereocenters. The van der Waals surface area contributed by atoms with Crippen LogP contribution in [0.4, 0.5) is 5.00 Å². The molecule has 0 aliphatic heterocycles. The number of carbonyl (C=O) groups is 2. The lowest BCUT2D eigenvalue weighted by Gasteiger charge is -2.08. The van der Waals surface area contributed by atoms with Crippen molar-refractivity contribution in [2.45, 2.75) is 11.9 Å². The summed E-state index contributed by atoms with van der Waals surface area (Å²) in [6.45, 7) is 1.98. The third-order valence-corrected chi connectivity index (χ3v) is 6.57. The van der Waals surface area contributed by atoms with Crippen molar-refractivity contribution in [3.63, 3.8) is 0 Å². The number of ether oxygens (including phenoxy) is 1. The summed E-state index contributed by atoms with van der Waals surface area (Å²) in [5.41, 5.74) is 2.71. The van der Waals surface area contributed by atoms with Gasteiger partial charge in [0.2, 0.25) is 5.91 Å². The molecule has 1 N–H and O–H groups in total. The number of esters is 1. The minimum atomic E-state index is -0.541. The van der Waals surface area contributed by atoms with Crippen LogP contribution in [0, 0.1) is 6.92 Å². The molecule has 3 heterocycles. The minimum absolute atomic E-state index is 0.139. The molecular weight excluding hydrogens is 456 g/mol. The van der Waals surface area contributed by atoms with E-state index < -0.39 is 5.97 Å². The summed E-state index contributed by atoms with van der Waals surface area (Å²) >= 11 is 8.63. The first-order chi connectivity index (χ1) is 15.0. The van der Waals surface area contributed by atoms with E-state index in [1.807, 2.05) is 25.1 Å². The van der Waals surface area contributed by atoms with E-state index in [1.165, 1.54) is 36.5 Å². The predicted molar refractivity (Wildman–Crippen MR) is 124 cm³/mol. The predicted octanol–water partition coefficient (Wildman–Crippen LogP) is 6.04. The molecule has 0 saturated heterocycles. The number of thioether (sulfide) groups is 1. The van der Waals surface area contributed by atoms with Gasteiger partial charge in [-0.15, -0.1) is 11.3 Å². The molecule has 6 nitrogen and oxygen atoms in total. The number of halogens is 1. The second-order valence-corrected chi connectivity index (χ2v) is 8.91. The van der Waals surface area contributed by atoms with Gasteiger partial charge in [-0.25, -0.2) is 9.78 Å². The number of benzene rings is 1. The SMILES string of the molecule is COC(=O)c1c(-c2ccco2)csc1NC(=O)CSc1cc(C)c2cc(Cl)ccc2n1. The van der Waals surface area contributed by atoms with Gasteiger partial charge in [0, 0.05) is 21.4 Å². The normalized spacial score (nSPS) is 10.9. The van der Waals surface area contributed by atoms with Crippen molar-refractivity contribution < 1.29 is 18.7 Å². The Bertz CT molecular complexity index is 1270. The summed E-state index contributed by atoms with van der Waals surface area (Å²) in [7, 11) is 1.30. The van der Waals surface area contributed by atoms with Crippen molar-refractivity contribution in [3.05, 3.63) is 64.2 Å². The van der Waals surface area contributed by atoms with Gasteiger partial charge in [0.15, 0.2) is 0 Å². The summed E-state index contributed by atoms with van der Waals surface area (Å²) < 4.78 is 10.3. The number of aryl methyl sites for hydroxylation is 1. The Hall–Kier alpha value is -2.81. The number of carbonyl (C=O) groups excluding carboxylic acids is 2. The van der Waals surface area contributed by atoms with Gasteiger partial charge in [0.1, 0.15) is 16.3 Å². The highest BCUT2D eigenvalue weighted by atomic mass is 35.5. The van der Waals surface area contributed by atoms with Gasteiger partial charge >= 0.3 is 5.97 Å². The Morgan fingerprint density at radius 1 is 1.29 bits per heavy atom. The summed E-state index contributed by atoms with van der Waals surface area (Å²) in [6.07, 6.45) is 1.52. The molecule has 3 aromatic heterocycles. The van der Waals surface area contributed by atoms with Crippen LogP contribution in [0.5, 0.6) is 0 Å². The fraction of sp³-hybridized carbons (Fsp3) is 0.136. The average molecular weight is 473 g/mol. The number of fused-ring (bicyclic) bond motifs is 1. The number of thiophene rings is 1. The number of amides is 1. The zero-order valence-electron chi connectivity index (χ0n) is 16.6. The van der Waals surface area contributed by atoms with Crippen LogP contribution >= 0.6 is 34.7 Å². The second-order valence-electron chi connectivity index (χ2n) is 6.60. The molecule has 0 fully saturated rings. The van der Waals surface area contributed by atoms with Gasteiger partial charge in [-0.05, 0) is 48.9 Å². The Morgan fingerprint density at radius 3 is 2.87 bits per heavy atom. The molecule has 1 amide bonds. The fourth-order valence-electron chi connectivity index (χ4n) is 3.08. The number of furan rings is 1. The number of methoxy groups -OCH3 is 1. The van der Waals surface area contributed by atoms with Crippen molar-refractivity contribution in [3.8, 4) is 11.3 Å². The van der Waals surface area contributed by atoms with Crippen LogP contribution in [-0.4, -0.2) is 29.7 Å². The number of pyridine rings is 1. The van der Waals surface area contributed by atoms with E-state index in [2.05, 4.69) is 10.3 Å². The van der Waals surface area contributed by atoms with Crippen molar-refractivity contribution in [2.24, 2.45) is 0 Å². The van der Waals surface area contributed by atoms with Crippen molar-refractivity contribution in [1.29, 1.82) is 0 Å². The van der Waals surface area contributed by atoms with Crippen LogP contribution < -0.4 is 5.32 Å². The Morgan fingerprint density at radius 2 is 2.13 bits per heavy atom. The van der Waals surface area contributed by atoms with E-state index in [-0.39, 0.29) is 17.2 Å². The molecule has 31 heavy (non-hydrogen) atoms. The molecule has 0 aliphatic carbocycles. The van der Waals surface area contributed by atoms with Gasteiger partial charge in [0.25, 0.3) is 0 Å². The first-order valence-corrected chi connectivity index (χ1v) is 11.4. The Kier molecular flexibility index (Phi) is 6.31. The van der Waals surface area contributed by atoms with E-state index >= 15 is 0 Å². The van der Waals surface area contributed by atoms with Crippen LogP contribution in [-0.2, 0) is 9.53 Å². The number of nitrogens with one attached hydrogen (secondary N) is 1. The molecular formula is C22H17ClN2O4S2. The monoisotopic (exact) mass is 472 g/mol. The molecule has 4 rings (SSSR count). The zero-order valence-corrected chi connectivity index (χ0v) is 19.0. The van der Waals surface area contributed by atoms with Crippen LogP contribution in [0.1, 0.15) is 15.9 Å². The molecule has 158 valence electrons. The van der Waals surface area contributed by atoms with Gasteiger partial charge < -0.3 is 14.5 Å². The van der Waals surface area contributed by atoms with Crippen LogP contribution in [0.25, 0.3) is 22.2 Å². The summed E-state index contributed by atoms with van der Waals surface area (Å²) in [6, 6.07) is 10.9. The lowest BCUT2D eigenvalue weighted by molar-refractivity contribution is -0.113. The van der Waals surface area contributed by atoms with Gasteiger partial charge in [-0.3, -0.25) is 4.79 Å². The topological polar surface area (TPSA) is 81.4 Å². The Balaban J connectivity index is 1.50. The summed E-state index contributed by atoms with van der Waals surface area (Å²) in [4.78, 5) is 29.5. The van der Waals surface area contributed by atoms with Gasteiger partial charge in [0.05, 0.1) is 29.7 Å². The highest BCUT2D eigenvalue weighted by Gasteiger charge is 2.23. The van der Waals surface area contributed by atoms with E-state index in [0.717, 1.165) is 21.5 Å².